The van der Waals surface area contributed by atoms with Crippen molar-refractivity contribution in [1.82, 2.24) is 0 Å². The van der Waals surface area contributed by atoms with Gasteiger partial charge in [0.25, 0.3) is 0 Å². The predicted molar refractivity (Wildman–Crippen MR) is 64.4 cm³/mol. The minimum atomic E-state index is -0.484. The lowest BCUT2D eigenvalue weighted by Gasteiger charge is -2.10. The zero-order chi connectivity index (χ0) is 12.0. The number of esters is 1. The van der Waals surface area contributed by atoms with Crippen LogP contribution in [0.4, 0.5) is 0 Å². The number of aliphatic hydroxyl groups excluding tert-OH is 1. The summed E-state index contributed by atoms with van der Waals surface area (Å²) in [5.74, 6) is 0.457. The number of benzene rings is 1. The monoisotopic (exact) mass is 240 g/mol. The summed E-state index contributed by atoms with van der Waals surface area (Å²) in [5.41, 5.74) is 0.900. The number of carbonyl (C=O) groups excluding carboxylic acids is 1. The molecule has 1 aromatic carbocycles. The van der Waals surface area contributed by atoms with Gasteiger partial charge in [-0.05, 0) is 18.6 Å². The van der Waals surface area contributed by atoms with Crippen LogP contribution < -0.4 is 0 Å². The molecule has 0 aliphatic heterocycles. The third-order valence-electron chi connectivity index (χ3n) is 2.16. The molecule has 0 aliphatic rings. The minimum absolute atomic E-state index is 0.206. The molecular weight excluding hydrogens is 224 g/mol. The Bertz CT molecular complexity index is 350. The SMILES string of the molecule is COC(=O)CCSc1ccccc1C(C)O. The van der Waals surface area contributed by atoms with Crippen molar-refractivity contribution in [1.29, 1.82) is 0 Å². The molecule has 16 heavy (non-hydrogen) atoms. The van der Waals surface area contributed by atoms with Crippen molar-refractivity contribution in [2.45, 2.75) is 24.3 Å². The van der Waals surface area contributed by atoms with Gasteiger partial charge in [0.15, 0.2) is 0 Å². The topological polar surface area (TPSA) is 46.5 Å². The van der Waals surface area contributed by atoms with Crippen molar-refractivity contribution in [3.05, 3.63) is 29.8 Å². The number of carbonyl (C=O) groups is 1. The van der Waals surface area contributed by atoms with Gasteiger partial charge in [-0.15, -0.1) is 11.8 Å². The molecule has 1 aromatic rings. The molecule has 0 bridgehead atoms. The van der Waals surface area contributed by atoms with Crippen LogP contribution in [0.2, 0.25) is 0 Å². The van der Waals surface area contributed by atoms with Crippen LogP contribution in [0.1, 0.15) is 25.0 Å². The van der Waals surface area contributed by atoms with Gasteiger partial charge in [0.2, 0.25) is 0 Å². The van der Waals surface area contributed by atoms with E-state index in [1.54, 1.807) is 18.7 Å². The zero-order valence-corrected chi connectivity index (χ0v) is 10.3. The van der Waals surface area contributed by atoms with E-state index in [1.807, 2.05) is 24.3 Å². The quantitative estimate of drug-likeness (QED) is 0.634. The highest BCUT2D eigenvalue weighted by molar-refractivity contribution is 7.99. The van der Waals surface area contributed by atoms with Gasteiger partial charge in [0.05, 0.1) is 19.6 Å². The van der Waals surface area contributed by atoms with Gasteiger partial charge in [-0.25, -0.2) is 0 Å². The first kappa shape index (κ1) is 13.1. The van der Waals surface area contributed by atoms with Crippen molar-refractivity contribution in [2.75, 3.05) is 12.9 Å². The average Bonchev–Trinajstić information content (AvgIpc) is 2.29. The summed E-state index contributed by atoms with van der Waals surface area (Å²) in [6.45, 7) is 1.74. The van der Waals surface area contributed by atoms with E-state index < -0.39 is 6.10 Å². The Morgan fingerprint density at radius 3 is 2.81 bits per heavy atom. The lowest BCUT2D eigenvalue weighted by molar-refractivity contribution is -0.140. The fraction of sp³-hybridized carbons (Fsp3) is 0.417. The molecule has 0 aromatic heterocycles. The van der Waals surface area contributed by atoms with E-state index >= 15 is 0 Å². The van der Waals surface area contributed by atoms with Gasteiger partial charge >= 0.3 is 5.97 Å². The molecule has 1 unspecified atom stereocenters. The number of thioether (sulfide) groups is 1. The molecule has 0 spiro atoms. The van der Waals surface area contributed by atoms with E-state index in [0.29, 0.717) is 12.2 Å². The van der Waals surface area contributed by atoms with Crippen LogP contribution in [-0.2, 0) is 9.53 Å². The van der Waals surface area contributed by atoms with Crippen LogP contribution in [0.25, 0.3) is 0 Å². The van der Waals surface area contributed by atoms with Gasteiger partial charge in [-0.3, -0.25) is 4.79 Å². The summed E-state index contributed by atoms with van der Waals surface area (Å²) >= 11 is 1.56. The van der Waals surface area contributed by atoms with Crippen LogP contribution in [0.15, 0.2) is 29.2 Å². The summed E-state index contributed by atoms with van der Waals surface area (Å²) in [4.78, 5) is 12.0. The van der Waals surface area contributed by atoms with Crippen LogP contribution >= 0.6 is 11.8 Å². The normalized spacial score (nSPS) is 12.2. The lowest BCUT2D eigenvalue weighted by Crippen LogP contribution is -2.01. The second kappa shape index (κ2) is 6.55. The first-order valence-corrected chi connectivity index (χ1v) is 6.10. The van der Waals surface area contributed by atoms with Crippen molar-refractivity contribution < 1.29 is 14.6 Å². The second-order valence-electron chi connectivity index (χ2n) is 3.39. The van der Waals surface area contributed by atoms with Crippen molar-refractivity contribution >= 4 is 17.7 Å². The van der Waals surface area contributed by atoms with Crippen LogP contribution in [0.3, 0.4) is 0 Å². The highest BCUT2D eigenvalue weighted by Gasteiger charge is 2.08. The molecule has 0 heterocycles. The second-order valence-corrected chi connectivity index (χ2v) is 4.53. The smallest absolute Gasteiger partial charge is 0.306 e. The van der Waals surface area contributed by atoms with E-state index in [9.17, 15) is 9.90 Å². The highest BCUT2D eigenvalue weighted by Crippen LogP contribution is 2.27. The molecule has 0 aliphatic carbocycles. The maximum atomic E-state index is 10.9. The number of hydrogen-bond acceptors (Lipinski definition) is 4. The third-order valence-corrected chi connectivity index (χ3v) is 3.25. The number of methoxy groups -OCH3 is 1. The fourth-order valence-electron chi connectivity index (χ4n) is 1.30. The number of ether oxygens (including phenoxy) is 1. The Balaban J connectivity index is 2.56. The molecule has 0 amide bonds. The molecule has 4 heteroatoms. The molecule has 88 valence electrons. The summed E-state index contributed by atoms with van der Waals surface area (Å²) in [5, 5.41) is 9.55. The zero-order valence-electron chi connectivity index (χ0n) is 9.47. The number of rotatable bonds is 5. The maximum Gasteiger partial charge on any atom is 0.306 e. The Morgan fingerprint density at radius 1 is 1.50 bits per heavy atom. The van der Waals surface area contributed by atoms with Gasteiger partial charge < -0.3 is 9.84 Å². The molecule has 0 saturated heterocycles. The van der Waals surface area contributed by atoms with Crippen molar-refractivity contribution in [2.24, 2.45) is 0 Å². The maximum absolute atomic E-state index is 10.9. The summed E-state index contributed by atoms with van der Waals surface area (Å²) in [7, 11) is 1.39. The minimum Gasteiger partial charge on any atom is -0.469 e. The van der Waals surface area contributed by atoms with Crippen LogP contribution in [-0.4, -0.2) is 23.9 Å². The first-order valence-electron chi connectivity index (χ1n) is 5.11. The van der Waals surface area contributed by atoms with E-state index in [4.69, 9.17) is 0 Å². The summed E-state index contributed by atoms with van der Waals surface area (Å²) in [6.07, 6.45) is -0.100. The van der Waals surface area contributed by atoms with Crippen molar-refractivity contribution in [3.63, 3.8) is 0 Å². The largest absolute Gasteiger partial charge is 0.469 e. The molecular formula is C12H16O3S. The Labute approximate surface area is 99.8 Å². The van der Waals surface area contributed by atoms with Crippen LogP contribution in [0.5, 0.6) is 0 Å². The average molecular weight is 240 g/mol. The highest BCUT2D eigenvalue weighted by atomic mass is 32.2. The van der Waals surface area contributed by atoms with Gasteiger partial charge in [0.1, 0.15) is 0 Å². The molecule has 0 saturated carbocycles. The van der Waals surface area contributed by atoms with Crippen LogP contribution in [0, 0.1) is 0 Å². The van der Waals surface area contributed by atoms with E-state index in [-0.39, 0.29) is 5.97 Å². The van der Waals surface area contributed by atoms with Crippen molar-refractivity contribution in [3.8, 4) is 0 Å². The third kappa shape index (κ3) is 3.87. The Hall–Kier alpha value is -1.00. The summed E-state index contributed by atoms with van der Waals surface area (Å²) < 4.78 is 4.56. The fourth-order valence-corrected chi connectivity index (χ4v) is 2.37. The van der Waals surface area contributed by atoms with E-state index in [1.165, 1.54) is 7.11 Å². The van der Waals surface area contributed by atoms with Gasteiger partial charge in [-0.2, -0.15) is 0 Å². The number of hydrogen-bond donors (Lipinski definition) is 1. The molecule has 0 radical (unpaired) electrons. The standard InChI is InChI=1S/C12H16O3S/c1-9(13)10-5-3-4-6-11(10)16-8-7-12(14)15-2/h3-6,9,13H,7-8H2,1-2H3. The van der Waals surface area contributed by atoms with Gasteiger partial charge in [0, 0.05) is 10.6 Å². The molecule has 1 N–H and O–H groups in total. The van der Waals surface area contributed by atoms with E-state index in [2.05, 4.69) is 4.74 Å². The predicted octanol–water partition coefficient (Wildman–Crippen LogP) is 2.40. The molecule has 1 atom stereocenters. The summed E-state index contributed by atoms with van der Waals surface area (Å²) in [6, 6.07) is 7.66. The lowest BCUT2D eigenvalue weighted by atomic mass is 10.1. The Kier molecular flexibility index (Phi) is 5.35. The Morgan fingerprint density at radius 2 is 2.19 bits per heavy atom. The number of aliphatic hydroxyl groups is 1. The van der Waals surface area contributed by atoms with E-state index in [0.717, 1.165) is 10.5 Å². The molecule has 3 nitrogen and oxygen atoms in total. The molecule has 1 rings (SSSR count). The molecule has 0 fully saturated rings. The van der Waals surface area contributed by atoms with Gasteiger partial charge in [-0.1, -0.05) is 18.2 Å². The first-order chi connectivity index (χ1) is 7.65.